The molecular formula is C16H19F3N2O3. The van der Waals surface area contributed by atoms with Gasteiger partial charge in [0.25, 0.3) is 0 Å². The van der Waals surface area contributed by atoms with Crippen LogP contribution in [0.5, 0.6) is 5.88 Å². The Labute approximate surface area is 137 Å². The first-order valence-electron chi connectivity index (χ1n) is 7.83. The molecule has 1 aromatic heterocycles. The molecule has 2 atom stereocenters. The van der Waals surface area contributed by atoms with Crippen molar-refractivity contribution in [3.8, 4) is 5.88 Å². The van der Waals surface area contributed by atoms with Gasteiger partial charge in [0.2, 0.25) is 5.88 Å². The number of aromatic nitrogens is 1. The van der Waals surface area contributed by atoms with E-state index in [0.717, 1.165) is 12.8 Å². The van der Waals surface area contributed by atoms with Crippen LogP contribution in [0, 0.1) is 5.92 Å². The minimum Gasteiger partial charge on any atom is -0.468 e. The lowest BCUT2D eigenvalue weighted by atomic mass is 9.81. The topological polar surface area (TPSA) is 51.7 Å². The fraction of sp³-hybridized carbons (Fsp3) is 0.625. The average Bonchev–Trinajstić information content (AvgIpc) is 2.52. The number of alkyl halides is 3. The average molecular weight is 344 g/mol. The normalized spacial score (nSPS) is 27.8. The van der Waals surface area contributed by atoms with Crippen LogP contribution in [0.3, 0.4) is 0 Å². The number of nitrogens with zero attached hydrogens (tertiary/aromatic N) is 2. The number of carbonyl (C=O) groups is 1. The highest BCUT2D eigenvalue weighted by atomic mass is 19.4. The number of likely N-dealkylation sites (N-methyl/N-ethyl adjacent to an activating group) is 1. The third-order valence-corrected chi connectivity index (χ3v) is 4.66. The fourth-order valence-electron chi connectivity index (χ4n) is 3.31. The Hall–Kier alpha value is -1.67. The Morgan fingerprint density at radius 3 is 2.54 bits per heavy atom. The van der Waals surface area contributed by atoms with Gasteiger partial charge in [0.1, 0.15) is 0 Å². The van der Waals surface area contributed by atoms with E-state index < -0.39 is 12.8 Å². The molecule has 24 heavy (non-hydrogen) atoms. The second-order valence-electron chi connectivity index (χ2n) is 6.33. The second kappa shape index (κ2) is 6.68. The molecule has 2 saturated heterocycles. The molecule has 1 aromatic rings. The van der Waals surface area contributed by atoms with E-state index in [0.29, 0.717) is 18.8 Å². The van der Waals surface area contributed by atoms with E-state index in [1.807, 2.05) is 7.05 Å². The number of hydrogen-bond acceptors (Lipinski definition) is 5. The van der Waals surface area contributed by atoms with Gasteiger partial charge in [0.05, 0.1) is 13.2 Å². The maximum atomic E-state index is 12.6. The standard InChI is InChI=1S/C16H19F3N2O3/c1-21-12-4-11(5-13(21)8-23-7-12)15(22)10-2-3-14(20-6-10)24-9-16(17,18)19/h2-3,6,11-13H,4-5,7-9H2,1H3. The molecule has 5 nitrogen and oxygen atoms in total. The van der Waals surface area contributed by atoms with Crippen molar-refractivity contribution in [3.05, 3.63) is 23.9 Å². The predicted molar refractivity (Wildman–Crippen MR) is 79.0 cm³/mol. The predicted octanol–water partition coefficient (Wildman–Crippen LogP) is 2.31. The monoisotopic (exact) mass is 344 g/mol. The minimum absolute atomic E-state index is 0.0186. The number of Topliss-reactive ketones (excluding diaryl/α,β-unsaturated/α-hetero) is 1. The van der Waals surface area contributed by atoms with E-state index in [2.05, 4.69) is 14.6 Å². The number of carbonyl (C=O) groups excluding carboxylic acids is 1. The molecule has 2 aliphatic rings. The van der Waals surface area contributed by atoms with Gasteiger partial charge < -0.3 is 9.47 Å². The number of rotatable bonds is 4. The Morgan fingerprint density at radius 1 is 1.33 bits per heavy atom. The first-order chi connectivity index (χ1) is 11.3. The first-order valence-corrected chi connectivity index (χ1v) is 7.83. The summed E-state index contributed by atoms with van der Waals surface area (Å²) in [4.78, 5) is 18.7. The number of pyridine rings is 1. The van der Waals surface area contributed by atoms with Crippen LogP contribution in [0.4, 0.5) is 13.2 Å². The molecule has 2 aliphatic heterocycles. The molecule has 3 rings (SSSR count). The van der Waals surface area contributed by atoms with Crippen LogP contribution < -0.4 is 4.74 Å². The maximum absolute atomic E-state index is 12.6. The first kappa shape index (κ1) is 17.2. The molecule has 0 aromatic carbocycles. The van der Waals surface area contributed by atoms with E-state index in [1.165, 1.54) is 18.3 Å². The second-order valence-corrected chi connectivity index (χ2v) is 6.33. The van der Waals surface area contributed by atoms with E-state index in [9.17, 15) is 18.0 Å². The molecule has 0 amide bonds. The summed E-state index contributed by atoms with van der Waals surface area (Å²) in [6.07, 6.45) is -1.68. The minimum atomic E-state index is -4.41. The van der Waals surface area contributed by atoms with Crippen molar-refractivity contribution in [1.82, 2.24) is 9.88 Å². The molecule has 0 aliphatic carbocycles. The molecule has 2 fully saturated rings. The molecule has 8 heteroatoms. The van der Waals surface area contributed by atoms with E-state index in [-0.39, 0.29) is 29.7 Å². The Kier molecular flexibility index (Phi) is 4.78. The van der Waals surface area contributed by atoms with E-state index in [4.69, 9.17) is 4.74 Å². The van der Waals surface area contributed by atoms with Gasteiger partial charge in [0, 0.05) is 35.8 Å². The van der Waals surface area contributed by atoms with Gasteiger partial charge in [0.15, 0.2) is 12.4 Å². The van der Waals surface area contributed by atoms with Crippen molar-refractivity contribution in [2.45, 2.75) is 31.1 Å². The number of halogens is 3. The number of morpholine rings is 1. The lowest BCUT2D eigenvalue weighted by Crippen LogP contribution is -2.55. The molecule has 2 unspecified atom stereocenters. The van der Waals surface area contributed by atoms with Gasteiger partial charge >= 0.3 is 6.18 Å². The van der Waals surface area contributed by atoms with Gasteiger partial charge in [-0.05, 0) is 26.0 Å². The van der Waals surface area contributed by atoms with E-state index in [1.54, 1.807) is 0 Å². The lowest BCUT2D eigenvalue weighted by molar-refractivity contribution is -0.154. The Bertz CT molecular complexity index is 577. The third-order valence-electron chi connectivity index (χ3n) is 4.66. The van der Waals surface area contributed by atoms with Crippen molar-refractivity contribution in [1.29, 1.82) is 0 Å². The SMILES string of the molecule is CN1C2COCC1CC(C(=O)c1ccc(OCC(F)(F)F)nc1)C2. The van der Waals surface area contributed by atoms with Crippen LogP contribution in [0.15, 0.2) is 18.3 Å². The summed E-state index contributed by atoms with van der Waals surface area (Å²) in [5.74, 6) is -0.267. The summed E-state index contributed by atoms with van der Waals surface area (Å²) in [5.41, 5.74) is 0.405. The van der Waals surface area contributed by atoms with Crippen LogP contribution in [-0.4, -0.2) is 60.8 Å². The summed E-state index contributed by atoms with van der Waals surface area (Å²) in [5, 5.41) is 0. The number of hydrogen-bond donors (Lipinski definition) is 0. The molecule has 0 spiro atoms. The quantitative estimate of drug-likeness (QED) is 0.785. The van der Waals surface area contributed by atoms with Gasteiger partial charge in [-0.1, -0.05) is 0 Å². The zero-order valence-electron chi connectivity index (χ0n) is 13.3. The molecule has 3 heterocycles. The van der Waals surface area contributed by atoms with Crippen molar-refractivity contribution < 1.29 is 27.4 Å². The molecular weight excluding hydrogens is 325 g/mol. The van der Waals surface area contributed by atoms with Crippen LogP contribution in [0.2, 0.25) is 0 Å². The molecule has 2 bridgehead atoms. The Balaban J connectivity index is 1.63. The summed E-state index contributed by atoms with van der Waals surface area (Å²) in [6, 6.07) is 3.24. The summed E-state index contributed by atoms with van der Waals surface area (Å²) in [6.45, 7) is -0.149. The number of ketones is 1. The zero-order chi connectivity index (χ0) is 17.3. The highest BCUT2D eigenvalue weighted by molar-refractivity contribution is 5.97. The highest BCUT2D eigenvalue weighted by Crippen LogP contribution is 2.32. The number of fused-ring (bicyclic) bond motifs is 2. The zero-order valence-corrected chi connectivity index (χ0v) is 13.3. The van der Waals surface area contributed by atoms with Gasteiger partial charge in [-0.15, -0.1) is 0 Å². The van der Waals surface area contributed by atoms with Gasteiger partial charge in [-0.3, -0.25) is 9.69 Å². The van der Waals surface area contributed by atoms with Crippen molar-refractivity contribution in [2.75, 3.05) is 26.9 Å². The Morgan fingerprint density at radius 2 is 2.00 bits per heavy atom. The molecule has 0 N–H and O–H groups in total. The lowest BCUT2D eigenvalue weighted by Gasteiger charge is -2.46. The smallest absolute Gasteiger partial charge is 0.422 e. The number of ether oxygens (including phenoxy) is 2. The van der Waals surface area contributed by atoms with Crippen molar-refractivity contribution >= 4 is 5.78 Å². The van der Waals surface area contributed by atoms with Crippen molar-refractivity contribution in [2.24, 2.45) is 5.92 Å². The largest absolute Gasteiger partial charge is 0.468 e. The summed E-state index contributed by atoms with van der Waals surface area (Å²) < 4.78 is 46.4. The van der Waals surface area contributed by atoms with Crippen LogP contribution in [0.25, 0.3) is 0 Å². The van der Waals surface area contributed by atoms with Crippen molar-refractivity contribution in [3.63, 3.8) is 0 Å². The maximum Gasteiger partial charge on any atom is 0.422 e. The summed E-state index contributed by atoms with van der Waals surface area (Å²) >= 11 is 0. The van der Waals surface area contributed by atoms with E-state index >= 15 is 0 Å². The van der Waals surface area contributed by atoms with Crippen LogP contribution in [-0.2, 0) is 4.74 Å². The molecule has 0 radical (unpaired) electrons. The van der Waals surface area contributed by atoms with Gasteiger partial charge in [-0.2, -0.15) is 13.2 Å². The molecule has 132 valence electrons. The third kappa shape index (κ3) is 3.87. The highest BCUT2D eigenvalue weighted by Gasteiger charge is 2.39. The number of piperidine rings is 1. The van der Waals surface area contributed by atoms with Gasteiger partial charge in [-0.25, -0.2) is 4.98 Å². The van der Waals surface area contributed by atoms with Crippen LogP contribution in [0.1, 0.15) is 23.2 Å². The fourth-order valence-corrected chi connectivity index (χ4v) is 3.31. The summed E-state index contributed by atoms with van der Waals surface area (Å²) in [7, 11) is 2.05. The van der Waals surface area contributed by atoms with Crippen LogP contribution >= 0.6 is 0 Å². The molecule has 0 saturated carbocycles.